The molecule has 0 amide bonds. The van der Waals surface area contributed by atoms with Gasteiger partial charge in [-0.25, -0.2) is 0 Å². The Morgan fingerprint density at radius 3 is 2.59 bits per heavy atom. The van der Waals surface area contributed by atoms with Gasteiger partial charge in [0.15, 0.2) is 0 Å². The summed E-state index contributed by atoms with van der Waals surface area (Å²) in [5.74, 6) is 1.27. The minimum Gasteiger partial charge on any atom is -0.507 e. The smallest absolute Gasteiger partial charge is 0.144 e. The topological polar surface area (TPSA) is 90.1 Å². The lowest BCUT2D eigenvalue weighted by Crippen LogP contribution is -2.45. The summed E-state index contributed by atoms with van der Waals surface area (Å²) in [6, 6.07) is 0. The SMILES string of the molecule is COc1c(Cl)c(C)c(C=NCO)c(O)c1C/C=C(C)/C=C/[C@@]1(C)[C@H](C)CC/C(=N\OCCN2CCN(C)CC2)[C@@H]1C. The zero-order chi connectivity index (χ0) is 30.2. The zero-order valence-electron chi connectivity index (χ0n) is 25.9. The molecule has 1 saturated heterocycles. The van der Waals surface area contributed by atoms with Crippen molar-refractivity contribution in [3.63, 3.8) is 0 Å². The first kappa shape index (κ1) is 33.1. The summed E-state index contributed by atoms with van der Waals surface area (Å²) in [4.78, 5) is 14.5. The molecule has 9 heteroatoms. The van der Waals surface area contributed by atoms with Crippen LogP contribution in [0.4, 0.5) is 0 Å². The molecule has 2 fully saturated rings. The van der Waals surface area contributed by atoms with E-state index in [1.807, 2.05) is 0 Å². The Morgan fingerprint density at radius 1 is 1.22 bits per heavy atom. The Balaban J connectivity index is 1.70. The van der Waals surface area contributed by atoms with Crippen molar-refractivity contribution in [2.24, 2.45) is 27.4 Å². The van der Waals surface area contributed by atoms with Gasteiger partial charge in [0, 0.05) is 56.0 Å². The van der Waals surface area contributed by atoms with Crippen LogP contribution in [0.3, 0.4) is 0 Å². The number of oxime groups is 1. The van der Waals surface area contributed by atoms with Gasteiger partial charge in [0.25, 0.3) is 0 Å². The molecular weight excluding hydrogens is 540 g/mol. The van der Waals surface area contributed by atoms with Crippen LogP contribution in [0.15, 0.2) is 33.9 Å². The maximum Gasteiger partial charge on any atom is 0.144 e. The van der Waals surface area contributed by atoms with E-state index >= 15 is 0 Å². The van der Waals surface area contributed by atoms with E-state index in [9.17, 15) is 5.11 Å². The molecule has 228 valence electrons. The molecule has 1 saturated carbocycles. The van der Waals surface area contributed by atoms with E-state index in [1.54, 1.807) is 14.0 Å². The van der Waals surface area contributed by atoms with Crippen molar-refractivity contribution in [2.75, 3.05) is 60.2 Å². The van der Waals surface area contributed by atoms with Crippen molar-refractivity contribution >= 4 is 23.5 Å². The number of aliphatic hydroxyl groups is 1. The number of methoxy groups -OCH3 is 1. The normalized spacial score (nSPS) is 26.0. The van der Waals surface area contributed by atoms with Crippen LogP contribution < -0.4 is 4.74 Å². The van der Waals surface area contributed by atoms with Crippen molar-refractivity contribution < 1.29 is 19.8 Å². The third-order valence-corrected chi connectivity index (χ3v) is 9.65. The van der Waals surface area contributed by atoms with Gasteiger partial charge in [-0.1, -0.05) is 61.3 Å². The van der Waals surface area contributed by atoms with Gasteiger partial charge < -0.3 is 24.7 Å². The molecule has 3 rings (SSSR count). The molecule has 3 atom stereocenters. The number of phenols is 1. The van der Waals surface area contributed by atoms with Gasteiger partial charge in [-0.2, -0.15) is 0 Å². The molecule has 1 aliphatic carbocycles. The maximum absolute atomic E-state index is 11.0. The van der Waals surface area contributed by atoms with Gasteiger partial charge in [0.2, 0.25) is 0 Å². The number of aromatic hydroxyl groups is 1. The van der Waals surface area contributed by atoms with Crippen molar-refractivity contribution in [1.82, 2.24) is 9.80 Å². The average Bonchev–Trinajstić information content (AvgIpc) is 2.96. The summed E-state index contributed by atoms with van der Waals surface area (Å²) in [6.07, 6.45) is 10.4. The highest BCUT2D eigenvalue weighted by Gasteiger charge is 2.41. The molecule has 0 unspecified atom stereocenters. The number of nitrogens with zero attached hydrogens (tertiary/aromatic N) is 4. The lowest BCUT2D eigenvalue weighted by Gasteiger charge is -2.43. The number of rotatable bonds is 11. The maximum atomic E-state index is 11.0. The van der Waals surface area contributed by atoms with Crippen molar-refractivity contribution in [3.8, 4) is 11.5 Å². The monoisotopic (exact) mass is 588 g/mol. The van der Waals surface area contributed by atoms with Crippen LogP contribution in [0, 0.1) is 24.2 Å². The fourth-order valence-corrected chi connectivity index (χ4v) is 5.98. The summed E-state index contributed by atoms with van der Waals surface area (Å²) in [5, 5.41) is 25.2. The summed E-state index contributed by atoms with van der Waals surface area (Å²) in [6.45, 7) is 16.3. The van der Waals surface area contributed by atoms with E-state index in [0.29, 0.717) is 46.4 Å². The first-order valence-electron chi connectivity index (χ1n) is 14.7. The summed E-state index contributed by atoms with van der Waals surface area (Å²) in [7, 11) is 3.71. The predicted octanol–water partition coefficient (Wildman–Crippen LogP) is 5.47. The Hall–Kier alpha value is -2.39. The molecule has 1 aliphatic heterocycles. The molecule has 8 nitrogen and oxygen atoms in total. The molecule has 1 aromatic carbocycles. The highest BCUT2D eigenvalue weighted by Crippen LogP contribution is 2.45. The van der Waals surface area contributed by atoms with Crippen LogP contribution in [-0.2, 0) is 11.3 Å². The van der Waals surface area contributed by atoms with E-state index in [1.165, 1.54) is 6.21 Å². The Kier molecular flexibility index (Phi) is 12.3. The molecule has 0 aromatic heterocycles. The minimum absolute atomic E-state index is 0.0592. The lowest BCUT2D eigenvalue weighted by atomic mass is 9.61. The first-order valence-corrected chi connectivity index (χ1v) is 15.0. The molecule has 41 heavy (non-hydrogen) atoms. The average molecular weight is 589 g/mol. The number of halogens is 1. The first-order chi connectivity index (χ1) is 19.5. The van der Waals surface area contributed by atoms with Crippen LogP contribution in [0.5, 0.6) is 11.5 Å². The Morgan fingerprint density at radius 2 is 1.93 bits per heavy atom. The largest absolute Gasteiger partial charge is 0.507 e. The number of likely N-dealkylation sites (N-methyl/N-ethyl adjacent to an activating group) is 1. The van der Waals surface area contributed by atoms with Crippen molar-refractivity contribution in [3.05, 3.63) is 45.5 Å². The number of aliphatic hydroxyl groups excluding tert-OH is 1. The van der Waals surface area contributed by atoms with Gasteiger partial charge in [0.1, 0.15) is 24.8 Å². The van der Waals surface area contributed by atoms with Gasteiger partial charge >= 0.3 is 0 Å². The summed E-state index contributed by atoms with van der Waals surface area (Å²) < 4.78 is 5.56. The standard InChI is InChI=1S/C32H49ClN4O4/c1-22(8-10-26-30(39)27(20-34-21-38)24(3)29(33)31(26)40-7)12-13-32(5)23(2)9-11-28(25(32)4)35-41-19-18-37-16-14-36(6)15-17-37/h8,12-13,20,23,25,38-39H,9-11,14-19,21H2,1-7H3/b13-12+,22-8+,34-20?,35-28+/t23-,25+,32+/m1/s1. The van der Waals surface area contributed by atoms with E-state index in [2.05, 4.69) is 72.9 Å². The molecular formula is C32H49ClN4O4. The van der Waals surface area contributed by atoms with Crippen LogP contribution in [0.25, 0.3) is 0 Å². The number of benzene rings is 1. The minimum atomic E-state index is -0.369. The number of hydrogen-bond donors (Lipinski definition) is 2. The predicted molar refractivity (Wildman–Crippen MR) is 169 cm³/mol. The third kappa shape index (κ3) is 8.13. The van der Waals surface area contributed by atoms with E-state index < -0.39 is 0 Å². The second-order valence-electron chi connectivity index (χ2n) is 11.7. The highest BCUT2D eigenvalue weighted by atomic mass is 35.5. The molecule has 0 spiro atoms. The number of ether oxygens (including phenoxy) is 1. The van der Waals surface area contributed by atoms with Crippen LogP contribution in [-0.4, -0.2) is 92.2 Å². The second-order valence-corrected chi connectivity index (χ2v) is 12.1. The number of phenolic OH excluding ortho intramolecular Hbond substituents is 1. The fourth-order valence-electron chi connectivity index (χ4n) is 5.68. The summed E-state index contributed by atoms with van der Waals surface area (Å²) in [5.41, 5.74) is 3.86. The van der Waals surface area contributed by atoms with Gasteiger partial charge in [0.05, 0.1) is 17.8 Å². The number of hydrogen-bond acceptors (Lipinski definition) is 8. The van der Waals surface area contributed by atoms with Crippen LogP contribution >= 0.6 is 11.6 Å². The highest BCUT2D eigenvalue weighted by molar-refractivity contribution is 6.33. The Labute approximate surface area is 251 Å². The quantitative estimate of drug-likeness (QED) is 0.154. The fraction of sp³-hybridized carbons (Fsp3) is 0.625. The van der Waals surface area contributed by atoms with E-state index in [-0.39, 0.29) is 23.8 Å². The number of allylic oxidation sites excluding steroid dienone is 4. The molecule has 0 bridgehead atoms. The van der Waals surface area contributed by atoms with Gasteiger partial charge in [-0.15, -0.1) is 0 Å². The van der Waals surface area contributed by atoms with E-state index in [0.717, 1.165) is 56.9 Å². The van der Waals surface area contributed by atoms with Crippen molar-refractivity contribution in [1.29, 1.82) is 0 Å². The lowest BCUT2D eigenvalue weighted by molar-refractivity contribution is 0.0821. The van der Waals surface area contributed by atoms with Crippen molar-refractivity contribution in [2.45, 2.75) is 53.9 Å². The van der Waals surface area contributed by atoms with Gasteiger partial charge in [-0.05, 0) is 57.1 Å². The van der Waals surface area contributed by atoms with Crippen LogP contribution in [0.1, 0.15) is 57.2 Å². The molecule has 2 aliphatic rings. The molecule has 1 heterocycles. The van der Waals surface area contributed by atoms with Crippen LogP contribution in [0.2, 0.25) is 5.02 Å². The number of piperazine rings is 1. The third-order valence-electron chi connectivity index (χ3n) is 9.19. The van der Waals surface area contributed by atoms with E-state index in [4.69, 9.17) is 26.3 Å². The second kappa shape index (κ2) is 15.2. The summed E-state index contributed by atoms with van der Waals surface area (Å²) >= 11 is 6.57. The molecule has 0 radical (unpaired) electrons. The van der Waals surface area contributed by atoms with Gasteiger partial charge in [-0.3, -0.25) is 9.89 Å². The zero-order valence-corrected chi connectivity index (χ0v) is 26.7. The number of aliphatic imine (C=N–C) groups is 1. The Bertz CT molecular complexity index is 1160. The molecule has 1 aromatic rings. The molecule has 2 N–H and O–H groups in total.